The number of hydrogen-bond donors (Lipinski definition) is 3. The first kappa shape index (κ1) is 22.8. The van der Waals surface area contributed by atoms with E-state index in [4.69, 9.17) is 9.84 Å². The summed E-state index contributed by atoms with van der Waals surface area (Å²) in [6.07, 6.45) is 0.359. The first-order valence-electron chi connectivity index (χ1n) is 11.2. The van der Waals surface area contributed by atoms with Crippen molar-refractivity contribution in [2.75, 3.05) is 19.8 Å². The van der Waals surface area contributed by atoms with Crippen LogP contribution in [0.4, 0.5) is 4.79 Å². The number of benzene rings is 2. The lowest BCUT2D eigenvalue weighted by atomic mass is 9.98. The Hall–Kier alpha value is -3.39. The van der Waals surface area contributed by atoms with Crippen LogP contribution in [0.5, 0.6) is 0 Å². The molecule has 2 amide bonds. The number of amides is 2. The van der Waals surface area contributed by atoms with Crippen molar-refractivity contribution in [3.05, 3.63) is 59.7 Å². The summed E-state index contributed by atoms with van der Waals surface area (Å²) in [6, 6.07) is 14.6. The number of hydrogen-bond acceptors (Lipinski definition) is 5. The summed E-state index contributed by atoms with van der Waals surface area (Å²) in [6.45, 7) is 0.408. The van der Waals surface area contributed by atoms with Crippen molar-refractivity contribution in [2.45, 2.75) is 43.7 Å². The molecule has 0 saturated carbocycles. The number of carbonyl (C=O) groups is 3. The number of fused-ring (bicyclic) bond motifs is 3. The molecule has 2 aliphatic rings. The zero-order valence-electron chi connectivity index (χ0n) is 18.3. The van der Waals surface area contributed by atoms with E-state index in [1.807, 2.05) is 48.5 Å². The summed E-state index contributed by atoms with van der Waals surface area (Å²) in [7, 11) is 0. The van der Waals surface area contributed by atoms with Gasteiger partial charge < -0.3 is 25.2 Å². The van der Waals surface area contributed by atoms with Crippen molar-refractivity contribution in [1.82, 2.24) is 10.2 Å². The Balaban J connectivity index is 1.43. The predicted octanol–water partition coefficient (Wildman–Crippen LogP) is 2.74. The van der Waals surface area contributed by atoms with Crippen LogP contribution in [0.1, 0.15) is 42.7 Å². The molecule has 4 rings (SSSR count). The van der Waals surface area contributed by atoms with Crippen LogP contribution in [-0.2, 0) is 14.3 Å². The van der Waals surface area contributed by atoms with Crippen LogP contribution in [0.3, 0.4) is 0 Å². The first-order valence-corrected chi connectivity index (χ1v) is 11.2. The number of nitrogens with zero attached hydrogens (tertiary/aromatic N) is 1. The molecule has 8 nitrogen and oxygen atoms in total. The Bertz CT molecular complexity index is 994. The standard InChI is InChI=1S/C25H28N2O6/c28-14-16-6-5-13-27(16)24(31)22(11-12-23(29)30)26-25(32)33-15-21-19-9-3-1-7-17(19)18-8-2-4-10-20(18)21/h1-4,7-10,16,21-22,28H,5-6,11-15H2,(H,26,32)(H,29,30)/t16-,22?/m0/s1. The summed E-state index contributed by atoms with van der Waals surface area (Å²) in [5.41, 5.74) is 4.38. The molecule has 2 aromatic carbocycles. The van der Waals surface area contributed by atoms with Gasteiger partial charge in [-0.2, -0.15) is 0 Å². The molecule has 33 heavy (non-hydrogen) atoms. The molecular formula is C25H28N2O6. The molecule has 1 unspecified atom stereocenters. The van der Waals surface area contributed by atoms with Gasteiger partial charge in [0.25, 0.3) is 0 Å². The minimum absolute atomic E-state index is 0.0486. The average molecular weight is 453 g/mol. The van der Waals surface area contributed by atoms with Gasteiger partial charge in [-0.25, -0.2) is 4.79 Å². The van der Waals surface area contributed by atoms with Crippen molar-refractivity contribution in [3.8, 4) is 11.1 Å². The predicted molar refractivity (Wildman–Crippen MR) is 121 cm³/mol. The van der Waals surface area contributed by atoms with E-state index in [0.29, 0.717) is 13.0 Å². The molecule has 1 heterocycles. The molecule has 0 aromatic heterocycles. The van der Waals surface area contributed by atoms with Gasteiger partial charge in [-0.05, 0) is 41.5 Å². The zero-order chi connectivity index (χ0) is 23.4. The highest BCUT2D eigenvalue weighted by Gasteiger charge is 2.34. The van der Waals surface area contributed by atoms with Crippen LogP contribution < -0.4 is 5.32 Å². The SMILES string of the molecule is O=C(O)CCC(NC(=O)OCC1c2ccccc2-c2ccccc21)C(=O)N1CCC[C@H]1CO. The second-order valence-electron chi connectivity index (χ2n) is 8.47. The molecule has 0 bridgehead atoms. The quantitative estimate of drug-likeness (QED) is 0.567. The largest absolute Gasteiger partial charge is 0.481 e. The number of ether oxygens (including phenoxy) is 1. The molecule has 8 heteroatoms. The number of aliphatic hydroxyl groups excluding tert-OH is 1. The fourth-order valence-electron chi connectivity index (χ4n) is 4.82. The summed E-state index contributed by atoms with van der Waals surface area (Å²) >= 11 is 0. The summed E-state index contributed by atoms with van der Waals surface area (Å²) in [5.74, 6) is -1.56. The van der Waals surface area contributed by atoms with Gasteiger partial charge in [0.1, 0.15) is 12.6 Å². The number of likely N-dealkylation sites (tertiary alicyclic amines) is 1. The van der Waals surface area contributed by atoms with Crippen LogP contribution in [0, 0.1) is 0 Å². The third-order valence-electron chi connectivity index (χ3n) is 6.45. The van der Waals surface area contributed by atoms with Crippen LogP contribution in [-0.4, -0.2) is 64.9 Å². The second-order valence-corrected chi connectivity index (χ2v) is 8.47. The van der Waals surface area contributed by atoms with E-state index in [0.717, 1.165) is 28.7 Å². The fourth-order valence-corrected chi connectivity index (χ4v) is 4.82. The number of nitrogens with one attached hydrogen (secondary N) is 1. The minimum Gasteiger partial charge on any atom is -0.481 e. The highest BCUT2D eigenvalue weighted by atomic mass is 16.5. The molecule has 2 atom stereocenters. The topological polar surface area (TPSA) is 116 Å². The third-order valence-corrected chi connectivity index (χ3v) is 6.45. The summed E-state index contributed by atoms with van der Waals surface area (Å²) in [4.78, 5) is 38.3. The maximum Gasteiger partial charge on any atom is 0.407 e. The van der Waals surface area contributed by atoms with Crippen LogP contribution in [0.15, 0.2) is 48.5 Å². The van der Waals surface area contributed by atoms with Crippen LogP contribution >= 0.6 is 0 Å². The lowest BCUT2D eigenvalue weighted by molar-refractivity contribution is -0.138. The van der Waals surface area contributed by atoms with Crippen LogP contribution in [0.2, 0.25) is 0 Å². The van der Waals surface area contributed by atoms with Gasteiger partial charge in [0.15, 0.2) is 0 Å². The highest BCUT2D eigenvalue weighted by molar-refractivity contribution is 5.87. The van der Waals surface area contributed by atoms with Crippen molar-refractivity contribution in [3.63, 3.8) is 0 Å². The van der Waals surface area contributed by atoms with Crippen molar-refractivity contribution in [1.29, 1.82) is 0 Å². The van der Waals surface area contributed by atoms with Crippen molar-refractivity contribution < 1.29 is 29.3 Å². The fraction of sp³-hybridized carbons (Fsp3) is 0.400. The van der Waals surface area contributed by atoms with Crippen molar-refractivity contribution >= 4 is 18.0 Å². The molecule has 1 saturated heterocycles. The van der Waals surface area contributed by atoms with E-state index in [2.05, 4.69) is 5.32 Å². The van der Waals surface area contributed by atoms with Crippen LogP contribution in [0.25, 0.3) is 11.1 Å². The van der Waals surface area contributed by atoms with Gasteiger partial charge in [0.2, 0.25) is 5.91 Å². The Morgan fingerprint density at radius 3 is 2.30 bits per heavy atom. The van der Waals surface area contributed by atoms with Gasteiger partial charge in [-0.15, -0.1) is 0 Å². The number of aliphatic carboxylic acids is 1. The molecule has 0 spiro atoms. The Labute approximate surface area is 192 Å². The highest BCUT2D eigenvalue weighted by Crippen LogP contribution is 2.44. The second kappa shape index (κ2) is 10.0. The smallest absolute Gasteiger partial charge is 0.407 e. The zero-order valence-corrected chi connectivity index (χ0v) is 18.3. The number of rotatable bonds is 8. The molecule has 1 aliphatic heterocycles. The first-order chi connectivity index (χ1) is 16.0. The third kappa shape index (κ3) is 4.85. The molecular weight excluding hydrogens is 424 g/mol. The number of carboxylic acid groups (broad SMARTS) is 1. The van der Waals surface area contributed by atoms with Gasteiger partial charge >= 0.3 is 12.1 Å². The Morgan fingerprint density at radius 2 is 1.70 bits per heavy atom. The minimum atomic E-state index is -1.05. The Kier molecular flexibility index (Phi) is 6.93. The van der Waals surface area contributed by atoms with E-state index in [-0.39, 0.29) is 43.9 Å². The van der Waals surface area contributed by atoms with Crippen molar-refractivity contribution in [2.24, 2.45) is 0 Å². The average Bonchev–Trinajstić information content (AvgIpc) is 3.42. The lowest BCUT2D eigenvalue weighted by Gasteiger charge is -2.28. The maximum atomic E-state index is 13.0. The van der Waals surface area contributed by atoms with Gasteiger partial charge in [-0.1, -0.05) is 48.5 Å². The number of aliphatic hydroxyl groups is 1. The monoisotopic (exact) mass is 452 g/mol. The molecule has 174 valence electrons. The maximum absolute atomic E-state index is 13.0. The Morgan fingerprint density at radius 1 is 1.06 bits per heavy atom. The number of alkyl carbamates (subject to hydrolysis) is 1. The molecule has 0 radical (unpaired) electrons. The van der Waals surface area contributed by atoms with E-state index in [9.17, 15) is 19.5 Å². The molecule has 2 aromatic rings. The molecule has 3 N–H and O–H groups in total. The number of carbonyl (C=O) groups excluding carboxylic acids is 2. The summed E-state index contributed by atoms with van der Waals surface area (Å²) in [5, 5.41) is 21.2. The summed E-state index contributed by atoms with van der Waals surface area (Å²) < 4.78 is 5.53. The number of carboxylic acids is 1. The van der Waals surface area contributed by atoms with E-state index in [1.54, 1.807) is 0 Å². The lowest BCUT2D eigenvalue weighted by Crippen LogP contribution is -2.51. The van der Waals surface area contributed by atoms with E-state index < -0.39 is 18.1 Å². The normalized spacial score (nSPS) is 17.8. The van der Waals surface area contributed by atoms with E-state index in [1.165, 1.54) is 4.90 Å². The molecule has 1 fully saturated rings. The van der Waals surface area contributed by atoms with Gasteiger partial charge in [0, 0.05) is 18.9 Å². The van der Waals surface area contributed by atoms with E-state index >= 15 is 0 Å². The van der Waals surface area contributed by atoms with Gasteiger partial charge in [-0.3, -0.25) is 9.59 Å². The van der Waals surface area contributed by atoms with Gasteiger partial charge in [0.05, 0.1) is 12.6 Å². The molecule has 1 aliphatic carbocycles.